The molecule has 2 rings (SSSR count). The summed E-state index contributed by atoms with van der Waals surface area (Å²) in [6, 6.07) is 0.301. The Bertz CT molecular complexity index is 323. The third-order valence-electron chi connectivity index (χ3n) is 5.75. The molecule has 1 saturated heterocycles. The molecule has 3 unspecified atom stereocenters. The average molecular weight is 295 g/mol. The maximum absolute atomic E-state index is 11.6. The summed E-state index contributed by atoms with van der Waals surface area (Å²) in [7, 11) is 0. The number of likely N-dealkylation sites (tertiary alicyclic amines) is 1. The molecule has 3 nitrogen and oxygen atoms in total. The monoisotopic (exact) mass is 295 g/mol. The van der Waals surface area contributed by atoms with Gasteiger partial charge < -0.3 is 5.11 Å². The lowest BCUT2D eigenvalue weighted by atomic mass is 9.75. The summed E-state index contributed by atoms with van der Waals surface area (Å²) >= 11 is 0. The van der Waals surface area contributed by atoms with Crippen molar-refractivity contribution in [3.63, 3.8) is 0 Å². The Morgan fingerprint density at radius 1 is 1.00 bits per heavy atom. The van der Waals surface area contributed by atoms with E-state index in [4.69, 9.17) is 0 Å². The van der Waals surface area contributed by atoms with E-state index in [1.54, 1.807) is 0 Å². The van der Waals surface area contributed by atoms with Crippen LogP contribution in [0.3, 0.4) is 0 Å². The summed E-state index contributed by atoms with van der Waals surface area (Å²) in [6.45, 7) is 6.76. The van der Waals surface area contributed by atoms with Gasteiger partial charge in [0.2, 0.25) is 0 Å². The van der Waals surface area contributed by atoms with Crippen molar-refractivity contribution in [3.8, 4) is 0 Å². The molecule has 1 aliphatic carbocycles. The minimum atomic E-state index is -0.564. The molecule has 0 spiro atoms. The normalized spacial score (nSPS) is 32.2. The molecule has 122 valence electrons. The highest BCUT2D eigenvalue weighted by atomic mass is 16.4. The highest BCUT2D eigenvalue weighted by Crippen LogP contribution is 2.37. The van der Waals surface area contributed by atoms with Crippen molar-refractivity contribution < 1.29 is 9.90 Å². The second-order valence-electron chi connectivity index (χ2n) is 7.25. The van der Waals surface area contributed by atoms with Crippen LogP contribution in [0.4, 0.5) is 0 Å². The molecule has 0 aromatic heterocycles. The number of carbonyl (C=O) groups is 1. The minimum Gasteiger partial charge on any atom is -0.481 e. The van der Waals surface area contributed by atoms with Crippen molar-refractivity contribution in [1.82, 2.24) is 4.90 Å². The Hall–Kier alpha value is -0.570. The van der Waals surface area contributed by atoms with Crippen LogP contribution in [0.2, 0.25) is 0 Å². The molecule has 1 aliphatic heterocycles. The van der Waals surface area contributed by atoms with E-state index in [2.05, 4.69) is 18.7 Å². The first-order valence-corrected chi connectivity index (χ1v) is 9.12. The van der Waals surface area contributed by atoms with Crippen LogP contribution < -0.4 is 0 Å². The van der Waals surface area contributed by atoms with Gasteiger partial charge in [0.1, 0.15) is 0 Å². The molecule has 0 aromatic rings. The van der Waals surface area contributed by atoms with Crippen LogP contribution in [0.25, 0.3) is 0 Å². The first-order chi connectivity index (χ1) is 10.2. The Morgan fingerprint density at radius 3 is 2.19 bits per heavy atom. The first-order valence-electron chi connectivity index (χ1n) is 9.12. The van der Waals surface area contributed by atoms with Gasteiger partial charge in [-0.2, -0.15) is 0 Å². The Balaban J connectivity index is 1.94. The molecule has 0 bridgehead atoms. The van der Waals surface area contributed by atoms with Crippen LogP contribution >= 0.6 is 0 Å². The van der Waals surface area contributed by atoms with Crippen molar-refractivity contribution in [3.05, 3.63) is 0 Å². The Morgan fingerprint density at radius 2 is 1.62 bits per heavy atom. The fourth-order valence-corrected chi connectivity index (χ4v) is 4.57. The van der Waals surface area contributed by atoms with Crippen molar-refractivity contribution in [1.29, 1.82) is 0 Å². The molecule has 0 aromatic carbocycles. The third kappa shape index (κ3) is 4.45. The zero-order valence-electron chi connectivity index (χ0n) is 13.9. The van der Waals surface area contributed by atoms with Crippen LogP contribution in [-0.2, 0) is 4.79 Å². The molecule has 2 fully saturated rings. The molecule has 1 saturated carbocycles. The molecule has 2 aliphatic rings. The van der Waals surface area contributed by atoms with Gasteiger partial charge in [-0.15, -0.1) is 0 Å². The number of hydrogen-bond acceptors (Lipinski definition) is 2. The SMILES string of the molecule is CCCC1CCN(C2CC(CCC)CCC2C(=O)O)CC1. The Kier molecular flexibility index (Phi) is 6.53. The van der Waals surface area contributed by atoms with Crippen LogP contribution in [0.5, 0.6) is 0 Å². The number of hydrogen-bond donors (Lipinski definition) is 1. The fourth-order valence-electron chi connectivity index (χ4n) is 4.57. The van der Waals surface area contributed by atoms with Gasteiger partial charge in [0.05, 0.1) is 5.92 Å². The summed E-state index contributed by atoms with van der Waals surface area (Å²) in [4.78, 5) is 14.1. The minimum absolute atomic E-state index is 0.124. The van der Waals surface area contributed by atoms with E-state index in [1.807, 2.05) is 0 Å². The zero-order chi connectivity index (χ0) is 15.2. The average Bonchev–Trinajstić information content (AvgIpc) is 2.48. The van der Waals surface area contributed by atoms with Gasteiger partial charge in [0.15, 0.2) is 0 Å². The second kappa shape index (κ2) is 8.17. The van der Waals surface area contributed by atoms with Crippen LogP contribution in [-0.4, -0.2) is 35.1 Å². The summed E-state index contributed by atoms with van der Waals surface area (Å²) in [6.07, 6.45) is 10.8. The van der Waals surface area contributed by atoms with Crippen molar-refractivity contribution >= 4 is 5.97 Å². The van der Waals surface area contributed by atoms with Gasteiger partial charge in [0.25, 0.3) is 0 Å². The molecule has 1 N–H and O–H groups in total. The van der Waals surface area contributed by atoms with E-state index < -0.39 is 5.97 Å². The molecule has 0 amide bonds. The molecule has 1 heterocycles. The van der Waals surface area contributed by atoms with E-state index in [-0.39, 0.29) is 5.92 Å². The maximum atomic E-state index is 11.6. The van der Waals surface area contributed by atoms with Gasteiger partial charge in [-0.25, -0.2) is 0 Å². The largest absolute Gasteiger partial charge is 0.481 e. The van der Waals surface area contributed by atoms with E-state index >= 15 is 0 Å². The predicted molar refractivity (Wildman–Crippen MR) is 86.4 cm³/mol. The van der Waals surface area contributed by atoms with Crippen LogP contribution in [0.1, 0.15) is 71.6 Å². The van der Waals surface area contributed by atoms with Gasteiger partial charge >= 0.3 is 5.97 Å². The lowest BCUT2D eigenvalue weighted by Crippen LogP contribution is -2.50. The third-order valence-corrected chi connectivity index (χ3v) is 5.75. The van der Waals surface area contributed by atoms with Gasteiger partial charge in [-0.1, -0.05) is 39.5 Å². The Labute approximate surface area is 130 Å². The lowest BCUT2D eigenvalue weighted by Gasteiger charge is -2.44. The van der Waals surface area contributed by atoms with Gasteiger partial charge in [0, 0.05) is 6.04 Å². The number of aliphatic carboxylic acids is 1. The number of rotatable bonds is 6. The number of piperidine rings is 1. The topological polar surface area (TPSA) is 40.5 Å². The van der Waals surface area contributed by atoms with Gasteiger partial charge in [-0.05, 0) is 57.0 Å². The number of carboxylic acids is 1. The molecule has 0 radical (unpaired) electrons. The van der Waals surface area contributed by atoms with E-state index in [9.17, 15) is 9.90 Å². The first kappa shape index (κ1) is 16.8. The van der Waals surface area contributed by atoms with Gasteiger partial charge in [-0.3, -0.25) is 9.69 Å². The highest BCUT2D eigenvalue weighted by Gasteiger charge is 2.39. The van der Waals surface area contributed by atoms with E-state index in [0.717, 1.165) is 44.2 Å². The fraction of sp³-hybridized carbons (Fsp3) is 0.944. The molecular formula is C18H33NO2. The quantitative estimate of drug-likeness (QED) is 0.799. The molecule has 21 heavy (non-hydrogen) atoms. The summed E-state index contributed by atoms with van der Waals surface area (Å²) in [5.74, 6) is 0.944. The maximum Gasteiger partial charge on any atom is 0.308 e. The summed E-state index contributed by atoms with van der Waals surface area (Å²) in [5.41, 5.74) is 0. The highest BCUT2D eigenvalue weighted by molar-refractivity contribution is 5.71. The number of carboxylic acid groups (broad SMARTS) is 1. The lowest BCUT2D eigenvalue weighted by molar-refractivity contribution is -0.146. The van der Waals surface area contributed by atoms with Crippen molar-refractivity contribution in [2.45, 2.75) is 77.7 Å². The predicted octanol–water partition coefficient (Wildman–Crippen LogP) is 4.17. The van der Waals surface area contributed by atoms with E-state index in [0.29, 0.717) is 6.04 Å². The summed E-state index contributed by atoms with van der Waals surface area (Å²) < 4.78 is 0. The van der Waals surface area contributed by atoms with E-state index in [1.165, 1.54) is 38.5 Å². The smallest absolute Gasteiger partial charge is 0.308 e. The molecular weight excluding hydrogens is 262 g/mol. The number of nitrogens with zero attached hydrogens (tertiary/aromatic N) is 1. The van der Waals surface area contributed by atoms with Crippen LogP contribution in [0, 0.1) is 17.8 Å². The van der Waals surface area contributed by atoms with Crippen molar-refractivity contribution in [2.24, 2.45) is 17.8 Å². The molecule has 3 heteroatoms. The second-order valence-corrected chi connectivity index (χ2v) is 7.25. The zero-order valence-corrected chi connectivity index (χ0v) is 13.9. The summed E-state index contributed by atoms with van der Waals surface area (Å²) in [5, 5.41) is 9.57. The standard InChI is InChI=1S/C18H33NO2/c1-3-5-14-9-11-19(12-10-14)17-13-15(6-4-2)7-8-16(17)18(20)21/h14-17H,3-13H2,1-2H3,(H,20,21). The van der Waals surface area contributed by atoms with Crippen LogP contribution in [0.15, 0.2) is 0 Å². The van der Waals surface area contributed by atoms with Crippen molar-refractivity contribution in [2.75, 3.05) is 13.1 Å². The molecule has 3 atom stereocenters.